The number of nitrogens with zero attached hydrogens (tertiary/aromatic N) is 1. The van der Waals surface area contributed by atoms with Crippen LogP contribution in [0, 0.1) is 6.92 Å². The number of hydrogen-bond donors (Lipinski definition) is 1. The van der Waals surface area contributed by atoms with Gasteiger partial charge in [-0.2, -0.15) is 0 Å². The highest BCUT2D eigenvalue weighted by molar-refractivity contribution is 5.77. The molecular formula is C15H24N2O2. The molecule has 0 aliphatic carbocycles. The standard InChI is InChI=1S/C15H24N2O2/c1-11-5-7-13(8-6-11)12(2)17(3)15(18)9-14(10-16)19-4/h5-8,12,14H,9-10,16H2,1-4H3. The molecule has 2 unspecified atom stereocenters. The van der Waals surface area contributed by atoms with Gasteiger partial charge in [0.2, 0.25) is 5.91 Å². The number of nitrogens with two attached hydrogens (primary N) is 1. The summed E-state index contributed by atoms with van der Waals surface area (Å²) in [5.74, 6) is 0.0466. The minimum absolute atomic E-state index is 0.0448. The number of methoxy groups -OCH3 is 1. The predicted molar refractivity (Wildman–Crippen MR) is 76.8 cm³/mol. The van der Waals surface area contributed by atoms with E-state index in [2.05, 4.69) is 24.3 Å². The number of carbonyl (C=O) groups is 1. The van der Waals surface area contributed by atoms with Crippen molar-refractivity contribution in [2.75, 3.05) is 20.7 Å². The van der Waals surface area contributed by atoms with E-state index < -0.39 is 0 Å². The highest BCUT2D eigenvalue weighted by Crippen LogP contribution is 2.20. The minimum atomic E-state index is -0.208. The number of benzene rings is 1. The van der Waals surface area contributed by atoms with Crippen molar-refractivity contribution in [3.05, 3.63) is 35.4 Å². The monoisotopic (exact) mass is 264 g/mol. The third-order valence-electron chi connectivity index (χ3n) is 3.53. The average Bonchev–Trinajstić information content (AvgIpc) is 2.43. The third kappa shape index (κ3) is 4.33. The molecule has 4 heteroatoms. The Labute approximate surface area is 115 Å². The van der Waals surface area contributed by atoms with Crippen molar-refractivity contribution in [2.45, 2.75) is 32.4 Å². The summed E-state index contributed by atoms with van der Waals surface area (Å²) in [5.41, 5.74) is 7.88. The van der Waals surface area contributed by atoms with E-state index in [0.29, 0.717) is 13.0 Å². The maximum Gasteiger partial charge on any atom is 0.225 e. The van der Waals surface area contributed by atoms with Crippen molar-refractivity contribution >= 4 is 5.91 Å². The van der Waals surface area contributed by atoms with Gasteiger partial charge in [0, 0.05) is 20.7 Å². The molecule has 0 aromatic heterocycles. The van der Waals surface area contributed by atoms with Gasteiger partial charge in [-0.25, -0.2) is 0 Å². The molecule has 0 radical (unpaired) electrons. The second kappa shape index (κ2) is 7.26. The zero-order chi connectivity index (χ0) is 14.4. The van der Waals surface area contributed by atoms with Crippen LogP contribution in [0.5, 0.6) is 0 Å². The molecule has 0 aliphatic heterocycles. The SMILES string of the molecule is COC(CN)CC(=O)N(C)C(C)c1ccc(C)cc1. The molecule has 106 valence electrons. The lowest BCUT2D eigenvalue weighted by Crippen LogP contribution is -2.35. The maximum absolute atomic E-state index is 12.1. The van der Waals surface area contributed by atoms with Gasteiger partial charge in [0.1, 0.15) is 0 Å². The second-order valence-electron chi connectivity index (χ2n) is 4.89. The van der Waals surface area contributed by atoms with Gasteiger partial charge in [-0.3, -0.25) is 4.79 Å². The van der Waals surface area contributed by atoms with E-state index in [1.807, 2.05) is 20.9 Å². The van der Waals surface area contributed by atoms with Gasteiger partial charge in [-0.05, 0) is 19.4 Å². The first kappa shape index (κ1) is 15.7. The summed E-state index contributed by atoms with van der Waals surface area (Å²) < 4.78 is 5.15. The molecule has 0 fully saturated rings. The summed E-state index contributed by atoms with van der Waals surface area (Å²) in [6.45, 7) is 4.43. The highest BCUT2D eigenvalue weighted by Gasteiger charge is 2.20. The summed E-state index contributed by atoms with van der Waals surface area (Å²) in [4.78, 5) is 13.9. The van der Waals surface area contributed by atoms with Crippen LogP contribution in [0.15, 0.2) is 24.3 Å². The molecule has 2 N–H and O–H groups in total. The van der Waals surface area contributed by atoms with Crippen molar-refractivity contribution in [1.29, 1.82) is 0 Å². The molecule has 0 spiro atoms. The van der Waals surface area contributed by atoms with Crippen LogP contribution in [0.4, 0.5) is 0 Å². The summed E-state index contributed by atoms with van der Waals surface area (Å²) in [6, 6.07) is 8.27. The Morgan fingerprint density at radius 3 is 2.42 bits per heavy atom. The molecule has 0 bridgehead atoms. The zero-order valence-corrected chi connectivity index (χ0v) is 12.2. The maximum atomic E-state index is 12.1. The molecule has 4 nitrogen and oxygen atoms in total. The van der Waals surface area contributed by atoms with E-state index >= 15 is 0 Å². The second-order valence-corrected chi connectivity index (χ2v) is 4.89. The van der Waals surface area contributed by atoms with Crippen LogP contribution in [-0.2, 0) is 9.53 Å². The molecule has 0 heterocycles. The first-order chi connectivity index (χ1) is 8.99. The summed E-state index contributed by atoms with van der Waals surface area (Å²) in [6.07, 6.45) is 0.111. The number of rotatable bonds is 6. The molecule has 1 amide bonds. The summed E-state index contributed by atoms with van der Waals surface area (Å²) in [5, 5.41) is 0. The van der Waals surface area contributed by atoms with Gasteiger partial charge in [0.05, 0.1) is 18.6 Å². The summed E-state index contributed by atoms with van der Waals surface area (Å²) in [7, 11) is 3.39. The first-order valence-corrected chi connectivity index (χ1v) is 6.54. The zero-order valence-electron chi connectivity index (χ0n) is 12.2. The van der Waals surface area contributed by atoms with E-state index in [9.17, 15) is 4.79 Å². The Morgan fingerprint density at radius 1 is 1.37 bits per heavy atom. The molecular weight excluding hydrogens is 240 g/mol. The topological polar surface area (TPSA) is 55.6 Å². The van der Waals surface area contributed by atoms with Crippen LogP contribution < -0.4 is 5.73 Å². The van der Waals surface area contributed by atoms with Gasteiger partial charge in [-0.15, -0.1) is 0 Å². The highest BCUT2D eigenvalue weighted by atomic mass is 16.5. The number of amides is 1. The smallest absolute Gasteiger partial charge is 0.225 e. The first-order valence-electron chi connectivity index (χ1n) is 6.54. The Hall–Kier alpha value is -1.39. The molecule has 1 rings (SSSR count). The molecule has 0 saturated carbocycles. The fourth-order valence-corrected chi connectivity index (χ4v) is 1.89. The Morgan fingerprint density at radius 2 is 1.95 bits per heavy atom. The Balaban J connectivity index is 2.68. The largest absolute Gasteiger partial charge is 0.380 e. The van der Waals surface area contributed by atoms with E-state index in [0.717, 1.165) is 5.56 Å². The van der Waals surface area contributed by atoms with Crippen LogP contribution in [0.3, 0.4) is 0 Å². The van der Waals surface area contributed by atoms with Crippen molar-refractivity contribution < 1.29 is 9.53 Å². The lowest BCUT2D eigenvalue weighted by Gasteiger charge is -2.27. The molecule has 2 atom stereocenters. The lowest BCUT2D eigenvalue weighted by atomic mass is 10.0. The van der Waals surface area contributed by atoms with E-state index in [1.54, 1.807) is 12.0 Å². The Kier molecular flexibility index (Phi) is 5.99. The molecule has 0 saturated heterocycles. The predicted octanol–water partition coefficient (Wildman–Crippen LogP) is 1.88. The van der Waals surface area contributed by atoms with Crippen molar-refractivity contribution in [1.82, 2.24) is 4.90 Å². The number of ether oxygens (including phenoxy) is 1. The van der Waals surface area contributed by atoms with Crippen LogP contribution in [0.2, 0.25) is 0 Å². The molecule has 1 aromatic rings. The number of hydrogen-bond acceptors (Lipinski definition) is 3. The normalized spacial score (nSPS) is 13.9. The van der Waals surface area contributed by atoms with Crippen LogP contribution in [-0.4, -0.2) is 37.6 Å². The van der Waals surface area contributed by atoms with Crippen LogP contribution in [0.1, 0.15) is 30.5 Å². The average molecular weight is 264 g/mol. The van der Waals surface area contributed by atoms with Gasteiger partial charge >= 0.3 is 0 Å². The fourth-order valence-electron chi connectivity index (χ4n) is 1.89. The van der Waals surface area contributed by atoms with Crippen molar-refractivity contribution in [2.24, 2.45) is 5.73 Å². The molecule has 0 aliphatic rings. The fraction of sp³-hybridized carbons (Fsp3) is 0.533. The van der Waals surface area contributed by atoms with E-state index in [1.165, 1.54) is 5.56 Å². The summed E-state index contributed by atoms with van der Waals surface area (Å²) >= 11 is 0. The van der Waals surface area contributed by atoms with Crippen LogP contribution >= 0.6 is 0 Å². The van der Waals surface area contributed by atoms with Gasteiger partial charge in [0.15, 0.2) is 0 Å². The van der Waals surface area contributed by atoms with Crippen molar-refractivity contribution in [3.8, 4) is 0 Å². The van der Waals surface area contributed by atoms with Gasteiger partial charge in [-0.1, -0.05) is 29.8 Å². The molecule has 19 heavy (non-hydrogen) atoms. The minimum Gasteiger partial charge on any atom is -0.380 e. The quantitative estimate of drug-likeness (QED) is 0.853. The van der Waals surface area contributed by atoms with E-state index in [-0.39, 0.29) is 18.1 Å². The number of carbonyl (C=O) groups excluding carboxylic acids is 1. The van der Waals surface area contributed by atoms with Crippen molar-refractivity contribution in [3.63, 3.8) is 0 Å². The third-order valence-corrected chi connectivity index (χ3v) is 3.53. The molecule has 1 aromatic carbocycles. The Bertz CT molecular complexity index is 399. The van der Waals surface area contributed by atoms with Gasteiger partial charge < -0.3 is 15.4 Å². The van der Waals surface area contributed by atoms with E-state index in [4.69, 9.17) is 10.5 Å². The number of aryl methyl sites for hydroxylation is 1. The van der Waals surface area contributed by atoms with Crippen LogP contribution in [0.25, 0.3) is 0 Å². The van der Waals surface area contributed by atoms with Gasteiger partial charge in [0.25, 0.3) is 0 Å². The lowest BCUT2D eigenvalue weighted by molar-refractivity contribution is -0.134.